The van der Waals surface area contributed by atoms with Gasteiger partial charge in [0.2, 0.25) is 0 Å². The van der Waals surface area contributed by atoms with Crippen molar-refractivity contribution in [2.24, 2.45) is 0 Å². The summed E-state index contributed by atoms with van der Waals surface area (Å²) >= 11 is 0. The fraction of sp³-hybridized carbons (Fsp3) is 0.111. The molecule has 0 atom stereocenters. The number of aromatic nitrogens is 2. The number of nitrogens with zero attached hydrogens (tertiary/aromatic N) is 3. The second kappa shape index (κ2) is 7.06. The number of nitro groups is 1. The summed E-state index contributed by atoms with van der Waals surface area (Å²) in [5.41, 5.74) is 2.01. The maximum atomic E-state index is 11.5. The summed E-state index contributed by atoms with van der Waals surface area (Å²) in [5.74, 6) is -0.406. The van der Waals surface area contributed by atoms with Crippen LogP contribution in [0, 0.1) is 10.1 Å². The highest BCUT2D eigenvalue weighted by Crippen LogP contribution is 2.23. The van der Waals surface area contributed by atoms with Crippen molar-refractivity contribution in [1.29, 1.82) is 0 Å². The highest BCUT2D eigenvalue weighted by Gasteiger charge is 2.16. The Morgan fingerprint density at radius 3 is 2.38 bits per heavy atom. The van der Waals surface area contributed by atoms with Crippen LogP contribution in [0.3, 0.4) is 0 Å². The van der Waals surface area contributed by atoms with Crippen molar-refractivity contribution in [1.82, 2.24) is 9.78 Å². The van der Waals surface area contributed by atoms with E-state index in [1.807, 2.05) is 0 Å². The number of carboxylic acids is 1. The number of methoxy groups -OCH3 is 1. The van der Waals surface area contributed by atoms with Gasteiger partial charge in [0.25, 0.3) is 5.69 Å². The molecule has 0 aliphatic carbocycles. The number of non-ortho nitro benzene ring substituents is 1. The first-order valence-electron chi connectivity index (χ1n) is 7.67. The minimum absolute atomic E-state index is 0.0217. The highest BCUT2D eigenvalue weighted by molar-refractivity contribution is 5.87. The lowest BCUT2D eigenvalue weighted by atomic mass is 10.1. The molecule has 8 nitrogen and oxygen atoms in total. The van der Waals surface area contributed by atoms with Crippen molar-refractivity contribution in [3.63, 3.8) is 0 Å². The Hall–Kier alpha value is -3.68. The molecule has 0 saturated heterocycles. The number of hydrogen-bond donors (Lipinski definition) is 1. The average Bonchev–Trinajstić information content (AvgIpc) is 3.06. The largest absolute Gasteiger partial charge is 0.497 e. The molecule has 0 radical (unpaired) electrons. The molecule has 0 amide bonds. The van der Waals surface area contributed by atoms with Gasteiger partial charge in [-0.05, 0) is 35.9 Å². The van der Waals surface area contributed by atoms with Crippen molar-refractivity contribution in [2.75, 3.05) is 7.11 Å². The molecule has 0 saturated carbocycles. The number of carboxylic acid groups (broad SMARTS) is 1. The van der Waals surface area contributed by atoms with Gasteiger partial charge in [0.1, 0.15) is 11.4 Å². The Morgan fingerprint density at radius 2 is 1.85 bits per heavy atom. The van der Waals surface area contributed by atoms with Crippen LogP contribution in [0.5, 0.6) is 5.75 Å². The number of benzene rings is 2. The van der Waals surface area contributed by atoms with Gasteiger partial charge in [-0.15, -0.1) is 0 Å². The van der Waals surface area contributed by atoms with E-state index in [9.17, 15) is 20.0 Å². The third-order valence-electron chi connectivity index (χ3n) is 3.86. The van der Waals surface area contributed by atoms with Gasteiger partial charge in [-0.3, -0.25) is 14.8 Å². The Morgan fingerprint density at radius 1 is 1.19 bits per heavy atom. The summed E-state index contributed by atoms with van der Waals surface area (Å²) in [4.78, 5) is 21.8. The normalized spacial score (nSPS) is 10.5. The third-order valence-corrected chi connectivity index (χ3v) is 3.86. The Kier molecular flexibility index (Phi) is 4.66. The zero-order chi connectivity index (χ0) is 18.7. The monoisotopic (exact) mass is 353 g/mol. The second-order valence-electron chi connectivity index (χ2n) is 5.53. The molecule has 3 aromatic rings. The lowest BCUT2D eigenvalue weighted by molar-refractivity contribution is -0.384. The molecule has 1 N–H and O–H groups in total. The van der Waals surface area contributed by atoms with E-state index in [0.29, 0.717) is 17.0 Å². The molecule has 26 heavy (non-hydrogen) atoms. The number of aromatic carboxylic acids is 1. The van der Waals surface area contributed by atoms with E-state index >= 15 is 0 Å². The van der Waals surface area contributed by atoms with Crippen LogP contribution in [0.25, 0.3) is 11.3 Å². The molecular weight excluding hydrogens is 338 g/mol. The van der Waals surface area contributed by atoms with Crippen LogP contribution >= 0.6 is 0 Å². The van der Waals surface area contributed by atoms with Gasteiger partial charge < -0.3 is 9.84 Å². The molecule has 132 valence electrons. The van der Waals surface area contributed by atoms with E-state index < -0.39 is 10.9 Å². The quantitative estimate of drug-likeness (QED) is 0.538. The zero-order valence-electron chi connectivity index (χ0n) is 13.8. The number of ether oxygens (including phenoxy) is 1. The van der Waals surface area contributed by atoms with Crippen LogP contribution in [0.4, 0.5) is 5.69 Å². The summed E-state index contributed by atoms with van der Waals surface area (Å²) in [6, 6.07) is 14.5. The zero-order valence-corrected chi connectivity index (χ0v) is 13.8. The van der Waals surface area contributed by atoms with E-state index in [2.05, 4.69) is 5.10 Å². The van der Waals surface area contributed by atoms with E-state index in [1.165, 1.54) is 22.9 Å². The first kappa shape index (κ1) is 17.2. The van der Waals surface area contributed by atoms with E-state index in [4.69, 9.17) is 4.74 Å². The molecular formula is C18H15N3O5. The summed E-state index contributed by atoms with van der Waals surface area (Å²) < 4.78 is 6.47. The Bertz CT molecular complexity index is 946. The lowest BCUT2D eigenvalue weighted by Gasteiger charge is -2.05. The van der Waals surface area contributed by atoms with Gasteiger partial charge in [0, 0.05) is 17.7 Å². The maximum Gasteiger partial charge on any atom is 0.354 e. The highest BCUT2D eigenvalue weighted by atomic mass is 16.6. The second-order valence-corrected chi connectivity index (χ2v) is 5.53. The number of nitro benzene ring substituents is 1. The van der Waals surface area contributed by atoms with Crippen LogP contribution in [-0.4, -0.2) is 32.9 Å². The van der Waals surface area contributed by atoms with Crippen molar-refractivity contribution >= 4 is 11.7 Å². The molecule has 0 aliphatic heterocycles. The number of rotatable bonds is 6. The third kappa shape index (κ3) is 3.54. The standard InChI is InChI=1S/C18H15N3O5/c1-26-15-8-4-13(5-9-15)16-10-17(18(22)23)20(19-16)11-12-2-6-14(7-3-12)21(24)25/h2-10H,11H2,1H3,(H,22,23). The molecule has 0 bridgehead atoms. The topological polar surface area (TPSA) is 107 Å². The molecule has 2 aromatic carbocycles. The summed E-state index contributed by atoms with van der Waals surface area (Å²) in [7, 11) is 1.57. The van der Waals surface area contributed by atoms with Crippen molar-refractivity contribution in [3.05, 3.63) is 76.0 Å². The van der Waals surface area contributed by atoms with Gasteiger partial charge in [-0.2, -0.15) is 5.10 Å². The molecule has 0 unspecified atom stereocenters. The first-order chi connectivity index (χ1) is 12.5. The summed E-state index contributed by atoms with van der Waals surface area (Å²) in [5, 5.41) is 24.5. The molecule has 1 aromatic heterocycles. The summed E-state index contributed by atoms with van der Waals surface area (Å²) in [6.07, 6.45) is 0. The predicted octanol–water partition coefficient (Wildman–Crippen LogP) is 3.21. The maximum absolute atomic E-state index is 11.5. The van der Waals surface area contributed by atoms with E-state index in [-0.39, 0.29) is 17.9 Å². The fourth-order valence-corrected chi connectivity index (χ4v) is 2.51. The molecule has 8 heteroatoms. The molecule has 3 rings (SSSR count). The smallest absolute Gasteiger partial charge is 0.354 e. The van der Waals surface area contributed by atoms with Crippen molar-refractivity contribution in [2.45, 2.75) is 6.54 Å². The predicted molar refractivity (Wildman–Crippen MR) is 93.4 cm³/mol. The van der Waals surface area contributed by atoms with Gasteiger partial charge in [-0.25, -0.2) is 4.79 Å². The van der Waals surface area contributed by atoms with E-state index in [0.717, 1.165) is 5.56 Å². The number of hydrogen-bond acceptors (Lipinski definition) is 5. The SMILES string of the molecule is COc1ccc(-c2cc(C(=O)O)n(Cc3ccc([N+](=O)[O-])cc3)n2)cc1. The van der Waals surface area contributed by atoms with Crippen LogP contribution in [-0.2, 0) is 6.54 Å². The first-order valence-corrected chi connectivity index (χ1v) is 7.67. The van der Waals surface area contributed by atoms with Crippen LogP contribution in [0.15, 0.2) is 54.6 Å². The van der Waals surface area contributed by atoms with Crippen LogP contribution < -0.4 is 4.74 Å². The lowest BCUT2D eigenvalue weighted by Crippen LogP contribution is -2.10. The van der Waals surface area contributed by atoms with Gasteiger partial charge in [0.05, 0.1) is 24.3 Å². The van der Waals surface area contributed by atoms with Gasteiger partial charge in [-0.1, -0.05) is 12.1 Å². The average molecular weight is 353 g/mol. The van der Waals surface area contributed by atoms with Crippen LogP contribution in [0.1, 0.15) is 16.1 Å². The Balaban J connectivity index is 1.91. The summed E-state index contributed by atoms with van der Waals surface area (Å²) in [6.45, 7) is 0.190. The van der Waals surface area contributed by atoms with Crippen molar-refractivity contribution < 1.29 is 19.6 Å². The minimum atomic E-state index is -1.10. The molecule has 0 spiro atoms. The van der Waals surface area contributed by atoms with Gasteiger partial charge >= 0.3 is 5.97 Å². The molecule has 1 heterocycles. The fourth-order valence-electron chi connectivity index (χ4n) is 2.51. The minimum Gasteiger partial charge on any atom is -0.497 e. The Labute approximate surface area is 148 Å². The molecule has 0 aliphatic rings. The molecule has 0 fully saturated rings. The van der Waals surface area contributed by atoms with Gasteiger partial charge in [0.15, 0.2) is 0 Å². The van der Waals surface area contributed by atoms with E-state index in [1.54, 1.807) is 43.5 Å². The number of carbonyl (C=O) groups is 1. The van der Waals surface area contributed by atoms with Crippen LogP contribution in [0.2, 0.25) is 0 Å². The van der Waals surface area contributed by atoms with Crippen molar-refractivity contribution in [3.8, 4) is 17.0 Å².